The maximum Gasteiger partial charge on any atom is 0.312 e. The molecular formula is C13H16N4O2S. The monoisotopic (exact) mass is 292 g/mol. The molecule has 0 bridgehead atoms. The SMILES string of the molecule is CC(Cn1ccnc1)Nc1nc2c(s1)CCC2C(=O)O. The summed E-state index contributed by atoms with van der Waals surface area (Å²) in [4.78, 5) is 20.7. The van der Waals surface area contributed by atoms with Crippen molar-refractivity contribution in [3.05, 3.63) is 29.3 Å². The molecule has 0 aliphatic heterocycles. The van der Waals surface area contributed by atoms with Crippen molar-refractivity contribution in [1.82, 2.24) is 14.5 Å². The summed E-state index contributed by atoms with van der Waals surface area (Å²) in [6.07, 6.45) is 6.94. The molecule has 0 radical (unpaired) electrons. The molecule has 2 aromatic rings. The van der Waals surface area contributed by atoms with E-state index in [1.165, 1.54) is 0 Å². The molecule has 3 rings (SSSR count). The van der Waals surface area contributed by atoms with E-state index in [0.717, 1.165) is 28.7 Å². The van der Waals surface area contributed by atoms with E-state index in [-0.39, 0.29) is 6.04 Å². The zero-order valence-corrected chi connectivity index (χ0v) is 11.9. The summed E-state index contributed by atoms with van der Waals surface area (Å²) in [6, 6.07) is 0.207. The molecule has 1 aliphatic carbocycles. The molecule has 2 N–H and O–H groups in total. The van der Waals surface area contributed by atoms with Crippen molar-refractivity contribution < 1.29 is 9.90 Å². The molecule has 7 heteroatoms. The van der Waals surface area contributed by atoms with Gasteiger partial charge in [0.2, 0.25) is 0 Å². The minimum absolute atomic E-state index is 0.207. The van der Waals surface area contributed by atoms with Crippen LogP contribution in [0.15, 0.2) is 18.7 Å². The van der Waals surface area contributed by atoms with Crippen LogP contribution in [0.5, 0.6) is 0 Å². The van der Waals surface area contributed by atoms with Gasteiger partial charge in [-0.2, -0.15) is 0 Å². The molecule has 1 aliphatic rings. The standard InChI is InChI=1S/C13H16N4O2S/c1-8(6-17-5-4-14-7-17)15-13-16-11-9(12(18)19)2-3-10(11)20-13/h4-5,7-9H,2-3,6H2,1H3,(H,15,16)(H,18,19). The van der Waals surface area contributed by atoms with Crippen molar-refractivity contribution in [2.45, 2.75) is 38.3 Å². The minimum atomic E-state index is -0.771. The van der Waals surface area contributed by atoms with Gasteiger partial charge in [-0.1, -0.05) is 0 Å². The molecule has 2 aromatic heterocycles. The number of anilines is 1. The van der Waals surface area contributed by atoms with E-state index in [1.54, 1.807) is 23.9 Å². The number of carbonyl (C=O) groups is 1. The maximum absolute atomic E-state index is 11.1. The Labute approximate surface area is 120 Å². The number of nitrogens with zero attached hydrogens (tertiary/aromatic N) is 3. The number of aliphatic carboxylic acids is 1. The van der Waals surface area contributed by atoms with Crippen molar-refractivity contribution in [2.24, 2.45) is 0 Å². The van der Waals surface area contributed by atoms with Gasteiger partial charge in [0, 0.05) is 29.9 Å². The predicted octanol–water partition coefficient (Wildman–Crippen LogP) is 1.95. The second-order valence-electron chi connectivity index (χ2n) is 5.06. The van der Waals surface area contributed by atoms with Crippen LogP contribution in [0.2, 0.25) is 0 Å². The lowest BCUT2D eigenvalue weighted by molar-refractivity contribution is -0.138. The Morgan fingerprint density at radius 2 is 2.55 bits per heavy atom. The van der Waals surface area contributed by atoms with Crippen LogP contribution in [0.1, 0.15) is 29.8 Å². The van der Waals surface area contributed by atoms with Gasteiger partial charge in [0.25, 0.3) is 0 Å². The van der Waals surface area contributed by atoms with E-state index in [2.05, 4.69) is 22.2 Å². The molecule has 0 saturated carbocycles. The van der Waals surface area contributed by atoms with Gasteiger partial charge in [-0.25, -0.2) is 9.97 Å². The van der Waals surface area contributed by atoms with Crippen molar-refractivity contribution in [2.75, 3.05) is 5.32 Å². The number of carboxylic acids is 1. The second-order valence-corrected chi connectivity index (χ2v) is 6.15. The lowest BCUT2D eigenvalue weighted by atomic mass is 10.1. The maximum atomic E-state index is 11.1. The average Bonchev–Trinajstić information content (AvgIpc) is 3.04. The molecular weight excluding hydrogens is 276 g/mol. The third kappa shape index (κ3) is 2.53. The summed E-state index contributed by atoms with van der Waals surface area (Å²) in [7, 11) is 0. The number of hydrogen-bond acceptors (Lipinski definition) is 5. The highest BCUT2D eigenvalue weighted by Gasteiger charge is 2.32. The van der Waals surface area contributed by atoms with E-state index in [1.807, 2.05) is 10.8 Å². The highest BCUT2D eigenvalue weighted by atomic mass is 32.1. The molecule has 2 unspecified atom stereocenters. The number of rotatable bonds is 5. The number of imidazole rings is 1. The quantitative estimate of drug-likeness (QED) is 0.880. The van der Waals surface area contributed by atoms with E-state index in [9.17, 15) is 4.79 Å². The fourth-order valence-electron chi connectivity index (χ4n) is 2.50. The topological polar surface area (TPSA) is 80.0 Å². The Hall–Kier alpha value is -1.89. The number of hydrogen-bond donors (Lipinski definition) is 2. The van der Waals surface area contributed by atoms with Crippen molar-refractivity contribution in [3.8, 4) is 0 Å². The number of aryl methyl sites for hydroxylation is 1. The van der Waals surface area contributed by atoms with Crippen LogP contribution in [0.4, 0.5) is 5.13 Å². The highest BCUT2D eigenvalue weighted by Crippen LogP contribution is 2.38. The molecule has 0 amide bonds. The minimum Gasteiger partial charge on any atom is -0.481 e. The van der Waals surface area contributed by atoms with Crippen molar-refractivity contribution in [3.63, 3.8) is 0 Å². The first-order valence-corrected chi connectivity index (χ1v) is 7.40. The summed E-state index contributed by atoms with van der Waals surface area (Å²) in [5, 5.41) is 13.3. The number of carboxylic acid groups (broad SMARTS) is 1. The largest absolute Gasteiger partial charge is 0.481 e. The summed E-state index contributed by atoms with van der Waals surface area (Å²) in [6.45, 7) is 2.87. The van der Waals surface area contributed by atoms with Gasteiger partial charge in [-0.3, -0.25) is 4.79 Å². The average molecular weight is 292 g/mol. The van der Waals surface area contributed by atoms with Crippen LogP contribution in [-0.4, -0.2) is 31.7 Å². The molecule has 0 spiro atoms. The number of aromatic nitrogens is 3. The fourth-order valence-corrected chi connectivity index (χ4v) is 3.65. The van der Waals surface area contributed by atoms with Crippen molar-refractivity contribution in [1.29, 1.82) is 0 Å². The molecule has 6 nitrogen and oxygen atoms in total. The number of nitrogens with one attached hydrogen (secondary N) is 1. The summed E-state index contributed by atoms with van der Waals surface area (Å²) >= 11 is 1.57. The first-order chi connectivity index (χ1) is 9.63. The summed E-state index contributed by atoms with van der Waals surface area (Å²) in [5.41, 5.74) is 0.750. The normalized spacial score (nSPS) is 18.8. The van der Waals surface area contributed by atoms with Gasteiger partial charge < -0.3 is 15.0 Å². The molecule has 0 fully saturated rings. The lowest BCUT2D eigenvalue weighted by Crippen LogP contribution is -2.21. The van der Waals surface area contributed by atoms with Gasteiger partial charge in [-0.15, -0.1) is 11.3 Å². The summed E-state index contributed by atoms with van der Waals surface area (Å²) in [5.74, 6) is -1.20. The molecule has 106 valence electrons. The van der Waals surface area contributed by atoms with E-state index in [4.69, 9.17) is 5.11 Å². The third-order valence-electron chi connectivity index (χ3n) is 3.43. The van der Waals surface area contributed by atoms with Gasteiger partial charge in [0.05, 0.1) is 12.0 Å². The van der Waals surface area contributed by atoms with Gasteiger partial charge in [0.1, 0.15) is 5.92 Å². The van der Waals surface area contributed by atoms with Crippen molar-refractivity contribution >= 4 is 22.4 Å². The number of thiazole rings is 1. The van der Waals surface area contributed by atoms with Gasteiger partial charge in [-0.05, 0) is 19.8 Å². The third-order valence-corrected chi connectivity index (χ3v) is 4.49. The van der Waals surface area contributed by atoms with E-state index >= 15 is 0 Å². The number of fused-ring (bicyclic) bond motifs is 1. The second kappa shape index (κ2) is 5.24. The zero-order valence-electron chi connectivity index (χ0n) is 11.1. The van der Waals surface area contributed by atoms with E-state index in [0.29, 0.717) is 6.42 Å². The highest BCUT2D eigenvalue weighted by molar-refractivity contribution is 7.15. The Balaban J connectivity index is 1.67. The first-order valence-electron chi connectivity index (χ1n) is 6.58. The van der Waals surface area contributed by atoms with Crippen LogP contribution < -0.4 is 5.32 Å². The molecule has 0 saturated heterocycles. The summed E-state index contributed by atoms with van der Waals surface area (Å²) < 4.78 is 2.00. The first kappa shape index (κ1) is 13.1. The smallest absolute Gasteiger partial charge is 0.312 e. The van der Waals surface area contributed by atoms with Crippen LogP contribution in [-0.2, 0) is 17.8 Å². The fraction of sp³-hybridized carbons (Fsp3) is 0.462. The Kier molecular flexibility index (Phi) is 3.43. The lowest BCUT2D eigenvalue weighted by Gasteiger charge is -2.13. The van der Waals surface area contributed by atoms with Crippen LogP contribution >= 0.6 is 11.3 Å². The molecule has 2 heterocycles. The molecule has 2 atom stereocenters. The Morgan fingerprint density at radius 1 is 1.70 bits per heavy atom. The van der Waals surface area contributed by atoms with Crippen LogP contribution in [0.25, 0.3) is 0 Å². The van der Waals surface area contributed by atoms with Crippen LogP contribution in [0, 0.1) is 0 Å². The zero-order chi connectivity index (χ0) is 14.1. The Morgan fingerprint density at radius 3 is 3.25 bits per heavy atom. The Bertz CT molecular complexity index is 608. The predicted molar refractivity (Wildman–Crippen MR) is 76.1 cm³/mol. The molecule has 20 heavy (non-hydrogen) atoms. The van der Waals surface area contributed by atoms with E-state index < -0.39 is 11.9 Å². The van der Waals surface area contributed by atoms with Gasteiger partial charge in [0.15, 0.2) is 5.13 Å². The van der Waals surface area contributed by atoms with Gasteiger partial charge >= 0.3 is 5.97 Å². The molecule has 0 aromatic carbocycles. The van der Waals surface area contributed by atoms with Crippen LogP contribution in [0.3, 0.4) is 0 Å².